The first-order chi connectivity index (χ1) is 6.77. The van der Waals surface area contributed by atoms with E-state index < -0.39 is 0 Å². The molecule has 0 spiro atoms. The largest absolute Gasteiger partial charge is 0.290 e. The molecule has 2 rings (SSSR count). The van der Waals surface area contributed by atoms with E-state index in [1.54, 1.807) is 0 Å². The molecule has 0 heterocycles. The molecule has 1 unspecified atom stereocenters. The van der Waals surface area contributed by atoms with Crippen LogP contribution in [0.25, 0.3) is 0 Å². The lowest BCUT2D eigenvalue weighted by Crippen LogP contribution is -2.16. The summed E-state index contributed by atoms with van der Waals surface area (Å²) in [6.45, 7) is 0. The first-order valence-electron chi connectivity index (χ1n) is 4.92. The monoisotopic (exact) mass is 188 g/mol. The van der Waals surface area contributed by atoms with Crippen molar-refractivity contribution in [2.24, 2.45) is 5.92 Å². The van der Waals surface area contributed by atoms with E-state index in [2.05, 4.69) is 6.08 Å². The summed E-state index contributed by atoms with van der Waals surface area (Å²) in [6, 6.07) is 0. The van der Waals surface area contributed by atoms with E-state index in [1.165, 1.54) is 18.2 Å². The highest BCUT2D eigenvalue weighted by Crippen LogP contribution is 2.26. The fraction of sp³-hybridized carbons (Fsp3) is 0.333. The third-order valence-electron chi connectivity index (χ3n) is 2.64. The molecule has 0 amide bonds. The summed E-state index contributed by atoms with van der Waals surface area (Å²) < 4.78 is 0. The van der Waals surface area contributed by atoms with E-state index in [0.29, 0.717) is 5.57 Å². The summed E-state index contributed by atoms with van der Waals surface area (Å²) in [6.07, 6.45) is 11.5. The summed E-state index contributed by atoms with van der Waals surface area (Å²) in [5.41, 5.74) is 0.661. The molecule has 0 aromatic heterocycles. The van der Waals surface area contributed by atoms with Gasteiger partial charge in [0, 0.05) is 11.5 Å². The first kappa shape index (κ1) is 9.13. The lowest BCUT2D eigenvalue weighted by atomic mass is 9.84. The second kappa shape index (κ2) is 3.74. The Labute approximate surface area is 83.0 Å². The Balaban J connectivity index is 2.24. The van der Waals surface area contributed by atoms with Crippen LogP contribution in [0.3, 0.4) is 0 Å². The normalized spacial score (nSPS) is 26.6. The maximum atomic E-state index is 11.5. The third kappa shape index (κ3) is 1.74. The van der Waals surface area contributed by atoms with Crippen molar-refractivity contribution in [2.45, 2.75) is 19.3 Å². The second-order valence-corrected chi connectivity index (χ2v) is 3.67. The summed E-state index contributed by atoms with van der Waals surface area (Å²) in [7, 11) is 0. The van der Waals surface area contributed by atoms with Crippen LogP contribution in [0.15, 0.2) is 36.0 Å². The molecule has 14 heavy (non-hydrogen) atoms. The Morgan fingerprint density at radius 1 is 1.21 bits per heavy atom. The van der Waals surface area contributed by atoms with Crippen LogP contribution < -0.4 is 0 Å². The molecule has 0 aromatic carbocycles. The van der Waals surface area contributed by atoms with Crippen molar-refractivity contribution in [3.05, 3.63) is 36.0 Å². The minimum Gasteiger partial charge on any atom is -0.290 e. The predicted octanol–water partition coefficient (Wildman–Crippen LogP) is 1.98. The average molecular weight is 188 g/mol. The van der Waals surface area contributed by atoms with Crippen molar-refractivity contribution < 1.29 is 9.59 Å². The van der Waals surface area contributed by atoms with Crippen LogP contribution in [0, 0.1) is 5.92 Å². The minimum absolute atomic E-state index is 0.0128. The molecule has 72 valence electrons. The molecule has 0 saturated carbocycles. The topological polar surface area (TPSA) is 34.1 Å². The lowest BCUT2D eigenvalue weighted by molar-refractivity contribution is -0.114. The van der Waals surface area contributed by atoms with Gasteiger partial charge < -0.3 is 0 Å². The van der Waals surface area contributed by atoms with Gasteiger partial charge in [-0.2, -0.15) is 0 Å². The summed E-state index contributed by atoms with van der Waals surface area (Å²) in [4.78, 5) is 22.6. The van der Waals surface area contributed by atoms with Crippen LogP contribution >= 0.6 is 0 Å². The Hall–Kier alpha value is -1.44. The van der Waals surface area contributed by atoms with Crippen molar-refractivity contribution in [3.63, 3.8) is 0 Å². The van der Waals surface area contributed by atoms with E-state index in [4.69, 9.17) is 0 Å². The highest BCUT2D eigenvalue weighted by molar-refractivity contribution is 6.17. The number of carbonyl (C=O) groups excluding carboxylic acids is 2. The molecule has 2 aliphatic rings. The van der Waals surface area contributed by atoms with Gasteiger partial charge in [-0.15, -0.1) is 0 Å². The van der Waals surface area contributed by atoms with Crippen LogP contribution in [-0.2, 0) is 9.59 Å². The molecule has 2 nitrogen and oxygen atoms in total. The molecule has 2 aliphatic carbocycles. The van der Waals surface area contributed by atoms with Crippen molar-refractivity contribution in [2.75, 3.05) is 0 Å². The zero-order valence-electron chi connectivity index (χ0n) is 7.90. The maximum Gasteiger partial charge on any atom is 0.182 e. The Kier molecular flexibility index (Phi) is 2.44. The molecule has 0 radical (unpaired) electrons. The fourth-order valence-corrected chi connectivity index (χ4v) is 1.89. The summed E-state index contributed by atoms with van der Waals surface area (Å²) >= 11 is 0. The molecular weight excluding hydrogens is 176 g/mol. The minimum atomic E-state index is -0.0708. The molecule has 0 saturated heterocycles. The van der Waals surface area contributed by atoms with E-state index in [1.807, 2.05) is 6.08 Å². The molecule has 0 aromatic rings. The number of ketones is 2. The van der Waals surface area contributed by atoms with E-state index in [0.717, 1.165) is 19.3 Å². The van der Waals surface area contributed by atoms with Gasteiger partial charge >= 0.3 is 0 Å². The van der Waals surface area contributed by atoms with Gasteiger partial charge in [-0.05, 0) is 37.5 Å². The van der Waals surface area contributed by atoms with Crippen molar-refractivity contribution in [1.29, 1.82) is 0 Å². The maximum absolute atomic E-state index is 11.5. The predicted molar refractivity (Wildman–Crippen MR) is 53.7 cm³/mol. The van der Waals surface area contributed by atoms with Crippen molar-refractivity contribution in [3.8, 4) is 0 Å². The number of hydrogen-bond donors (Lipinski definition) is 0. The number of hydrogen-bond acceptors (Lipinski definition) is 2. The van der Waals surface area contributed by atoms with Gasteiger partial charge in [-0.25, -0.2) is 0 Å². The average Bonchev–Trinajstić information content (AvgIpc) is 2.23. The zero-order valence-corrected chi connectivity index (χ0v) is 7.90. The van der Waals surface area contributed by atoms with Gasteiger partial charge in [0.2, 0.25) is 0 Å². The van der Waals surface area contributed by atoms with Crippen LogP contribution in [-0.4, -0.2) is 11.6 Å². The van der Waals surface area contributed by atoms with Crippen LogP contribution in [0.1, 0.15) is 19.3 Å². The molecular formula is C12H12O2. The fourth-order valence-electron chi connectivity index (χ4n) is 1.89. The smallest absolute Gasteiger partial charge is 0.182 e. The molecule has 0 fully saturated rings. The Bertz CT molecular complexity index is 359. The van der Waals surface area contributed by atoms with Crippen LogP contribution in [0.5, 0.6) is 0 Å². The van der Waals surface area contributed by atoms with Gasteiger partial charge in [0.15, 0.2) is 11.6 Å². The van der Waals surface area contributed by atoms with Gasteiger partial charge in [0.05, 0.1) is 0 Å². The number of carbonyl (C=O) groups is 2. The summed E-state index contributed by atoms with van der Waals surface area (Å²) in [5.74, 6) is 0.0740. The third-order valence-corrected chi connectivity index (χ3v) is 2.64. The van der Waals surface area contributed by atoms with Gasteiger partial charge in [-0.1, -0.05) is 12.2 Å². The second-order valence-electron chi connectivity index (χ2n) is 3.67. The lowest BCUT2D eigenvalue weighted by Gasteiger charge is -2.19. The van der Waals surface area contributed by atoms with Gasteiger partial charge in [0.25, 0.3) is 0 Å². The SMILES string of the molecule is O=C1C=CC(=O)C(C2C=CCCC2)=C1. The quantitative estimate of drug-likeness (QED) is 0.465. The molecule has 1 atom stereocenters. The van der Waals surface area contributed by atoms with Gasteiger partial charge in [0.1, 0.15) is 0 Å². The van der Waals surface area contributed by atoms with E-state index >= 15 is 0 Å². The Morgan fingerprint density at radius 3 is 2.79 bits per heavy atom. The molecule has 2 heteroatoms. The van der Waals surface area contributed by atoms with Crippen LogP contribution in [0.4, 0.5) is 0 Å². The molecule has 0 bridgehead atoms. The standard InChI is InChI=1S/C12H12O2/c13-10-6-7-12(14)11(8-10)9-4-2-1-3-5-9/h2,4,6-9H,1,3,5H2. The number of rotatable bonds is 1. The van der Waals surface area contributed by atoms with E-state index in [-0.39, 0.29) is 17.5 Å². The number of allylic oxidation sites excluding steroid dienone is 6. The van der Waals surface area contributed by atoms with Gasteiger partial charge in [-0.3, -0.25) is 9.59 Å². The molecule has 0 N–H and O–H groups in total. The first-order valence-corrected chi connectivity index (χ1v) is 4.92. The highest BCUT2D eigenvalue weighted by Gasteiger charge is 2.21. The molecule has 0 aliphatic heterocycles. The van der Waals surface area contributed by atoms with Crippen LogP contribution in [0.2, 0.25) is 0 Å². The van der Waals surface area contributed by atoms with Crippen molar-refractivity contribution in [1.82, 2.24) is 0 Å². The zero-order chi connectivity index (χ0) is 9.97. The highest BCUT2D eigenvalue weighted by atomic mass is 16.1. The van der Waals surface area contributed by atoms with Crippen molar-refractivity contribution >= 4 is 11.6 Å². The summed E-state index contributed by atoms with van der Waals surface area (Å²) in [5, 5.41) is 0. The van der Waals surface area contributed by atoms with E-state index in [9.17, 15) is 9.59 Å². The Morgan fingerprint density at radius 2 is 2.07 bits per heavy atom.